The molecule has 1 aromatic carbocycles. The van der Waals surface area contributed by atoms with Crippen molar-refractivity contribution < 1.29 is 9.50 Å². The molecule has 0 aliphatic carbocycles. The van der Waals surface area contributed by atoms with E-state index in [9.17, 15) is 9.50 Å². The minimum absolute atomic E-state index is 0.0993. The molecule has 0 aliphatic rings. The molecule has 0 aromatic heterocycles. The zero-order valence-corrected chi connectivity index (χ0v) is 10.9. The van der Waals surface area contributed by atoms with Gasteiger partial charge >= 0.3 is 0 Å². The van der Waals surface area contributed by atoms with Crippen molar-refractivity contribution >= 4 is 11.6 Å². The Labute approximate surface area is 101 Å². The highest BCUT2D eigenvalue weighted by atomic mass is 35.5. The van der Waals surface area contributed by atoms with E-state index in [-0.39, 0.29) is 10.4 Å². The summed E-state index contributed by atoms with van der Waals surface area (Å²) in [7, 11) is 0. The van der Waals surface area contributed by atoms with Crippen molar-refractivity contribution in [2.45, 2.75) is 39.7 Å². The monoisotopic (exact) mass is 244 g/mol. The topological polar surface area (TPSA) is 20.2 Å². The molecule has 0 radical (unpaired) electrons. The number of hydrogen-bond donors (Lipinski definition) is 1. The fourth-order valence-electron chi connectivity index (χ4n) is 1.31. The van der Waals surface area contributed by atoms with Crippen molar-refractivity contribution in [1.29, 1.82) is 0 Å². The smallest absolute Gasteiger partial charge is 0.141 e. The van der Waals surface area contributed by atoms with E-state index in [4.69, 9.17) is 11.6 Å². The standard InChI is InChI=1S/C13H18ClFO/c1-12(2,3)13(4,16)8-9-5-6-11(15)10(14)7-9/h5-7,16H,8H2,1-4H3. The summed E-state index contributed by atoms with van der Waals surface area (Å²) in [6.45, 7) is 7.69. The van der Waals surface area contributed by atoms with E-state index in [2.05, 4.69) is 0 Å². The van der Waals surface area contributed by atoms with Crippen LogP contribution in [0, 0.1) is 11.2 Å². The van der Waals surface area contributed by atoms with E-state index < -0.39 is 11.4 Å². The molecule has 1 unspecified atom stereocenters. The Kier molecular flexibility index (Phi) is 3.65. The Morgan fingerprint density at radius 1 is 1.25 bits per heavy atom. The van der Waals surface area contributed by atoms with Gasteiger partial charge < -0.3 is 5.11 Å². The van der Waals surface area contributed by atoms with Crippen LogP contribution in [-0.2, 0) is 6.42 Å². The first-order valence-electron chi connectivity index (χ1n) is 5.30. The molecule has 1 atom stereocenters. The third-order valence-corrected chi connectivity index (χ3v) is 3.44. The SMILES string of the molecule is CC(C)(C)C(C)(O)Cc1ccc(F)c(Cl)c1. The van der Waals surface area contributed by atoms with Gasteiger partial charge in [0.25, 0.3) is 0 Å². The molecule has 0 saturated carbocycles. The van der Waals surface area contributed by atoms with Gasteiger partial charge in [-0.1, -0.05) is 38.4 Å². The van der Waals surface area contributed by atoms with Crippen molar-refractivity contribution in [3.63, 3.8) is 0 Å². The van der Waals surface area contributed by atoms with Gasteiger partial charge in [-0.15, -0.1) is 0 Å². The molecule has 0 fully saturated rings. The molecular formula is C13H18ClFO. The van der Waals surface area contributed by atoms with Gasteiger partial charge in [0.1, 0.15) is 5.82 Å². The van der Waals surface area contributed by atoms with Crippen molar-refractivity contribution in [3.8, 4) is 0 Å². The van der Waals surface area contributed by atoms with E-state index >= 15 is 0 Å². The molecule has 0 heterocycles. The summed E-state index contributed by atoms with van der Waals surface area (Å²) in [4.78, 5) is 0. The van der Waals surface area contributed by atoms with Gasteiger partial charge in [-0.05, 0) is 30.0 Å². The molecule has 1 N–H and O–H groups in total. The molecular weight excluding hydrogens is 227 g/mol. The summed E-state index contributed by atoms with van der Waals surface area (Å²) < 4.78 is 13.0. The Morgan fingerprint density at radius 2 is 1.81 bits per heavy atom. The molecule has 90 valence electrons. The first kappa shape index (κ1) is 13.5. The zero-order chi connectivity index (χ0) is 12.6. The second kappa shape index (κ2) is 4.34. The van der Waals surface area contributed by atoms with Crippen molar-refractivity contribution in [2.24, 2.45) is 5.41 Å². The van der Waals surface area contributed by atoms with E-state index in [1.165, 1.54) is 6.07 Å². The Bertz CT molecular complexity index is 380. The molecule has 0 amide bonds. The maximum atomic E-state index is 13.0. The fourth-order valence-corrected chi connectivity index (χ4v) is 1.52. The highest BCUT2D eigenvalue weighted by Gasteiger charge is 2.35. The zero-order valence-electron chi connectivity index (χ0n) is 10.1. The highest BCUT2D eigenvalue weighted by Crippen LogP contribution is 2.33. The molecule has 1 nitrogen and oxygen atoms in total. The second-order valence-electron chi connectivity index (χ2n) is 5.45. The van der Waals surface area contributed by atoms with Gasteiger partial charge in [-0.2, -0.15) is 0 Å². The molecule has 16 heavy (non-hydrogen) atoms. The Morgan fingerprint density at radius 3 is 2.25 bits per heavy atom. The average Bonchev–Trinajstić information content (AvgIpc) is 2.09. The summed E-state index contributed by atoms with van der Waals surface area (Å²) in [5.74, 6) is -0.430. The third-order valence-electron chi connectivity index (χ3n) is 3.15. The number of rotatable bonds is 2. The van der Waals surface area contributed by atoms with Gasteiger partial charge in [0.2, 0.25) is 0 Å². The summed E-state index contributed by atoms with van der Waals surface area (Å²) in [6.07, 6.45) is 0.455. The molecule has 0 bridgehead atoms. The molecule has 0 spiro atoms. The van der Waals surface area contributed by atoms with E-state index in [0.717, 1.165) is 5.56 Å². The van der Waals surface area contributed by atoms with Crippen LogP contribution in [-0.4, -0.2) is 10.7 Å². The lowest BCUT2D eigenvalue weighted by Gasteiger charge is -2.37. The van der Waals surface area contributed by atoms with Crippen LogP contribution in [0.1, 0.15) is 33.3 Å². The van der Waals surface area contributed by atoms with Crippen LogP contribution in [0.3, 0.4) is 0 Å². The fraction of sp³-hybridized carbons (Fsp3) is 0.538. The Balaban J connectivity index is 2.93. The minimum Gasteiger partial charge on any atom is -0.389 e. The number of halogens is 2. The van der Waals surface area contributed by atoms with E-state index in [1.807, 2.05) is 20.8 Å². The van der Waals surface area contributed by atoms with Gasteiger partial charge in [0, 0.05) is 6.42 Å². The predicted molar refractivity (Wildman–Crippen MR) is 65.2 cm³/mol. The van der Waals surface area contributed by atoms with Crippen molar-refractivity contribution in [2.75, 3.05) is 0 Å². The highest BCUT2D eigenvalue weighted by molar-refractivity contribution is 6.30. The van der Waals surface area contributed by atoms with Gasteiger partial charge in [-0.25, -0.2) is 4.39 Å². The minimum atomic E-state index is -0.853. The molecule has 0 saturated heterocycles. The quantitative estimate of drug-likeness (QED) is 0.839. The first-order chi connectivity index (χ1) is 7.13. The maximum Gasteiger partial charge on any atom is 0.141 e. The van der Waals surface area contributed by atoms with E-state index in [1.54, 1.807) is 19.1 Å². The van der Waals surface area contributed by atoms with Crippen LogP contribution in [0.4, 0.5) is 4.39 Å². The summed E-state index contributed by atoms with van der Waals surface area (Å²) in [5.41, 5.74) is -0.256. The first-order valence-corrected chi connectivity index (χ1v) is 5.67. The van der Waals surface area contributed by atoms with Crippen molar-refractivity contribution in [1.82, 2.24) is 0 Å². The normalized spacial score (nSPS) is 15.9. The maximum absolute atomic E-state index is 13.0. The van der Waals surface area contributed by atoms with Crippen LogP contribution < -0.4 is 0 Å². The lowest BCUT2D eigenvalue weighted by atomic mass is 9.74. The van der Waals surface area contributed by atoms with E-state index in [0.29, 0.717) is 6.42 Å². The largest absolute Gasteiger partial charge is 0.389 e. The van der Waals surface area contributed by atoms with Crippen LogP contribution in [0.25, 0.3) is 0 Å². The Hall–Kier alpha value is -0.600. The lowest BCUT2D eigenvalue weighted by molar-refractivity contribution is -0.0405. The van der Waals surface area contributed by atoms with Gasteiger partial charge in [0.15, 0.2) is 0 Å². The van der Waals surface area contributed by atoms with Crippen LogP contribution in [0.15, 0.2) is 18.2 Å². The summed E-state index contributed by atoms with van der Waals surface area (Å²) in [5, 5.41) is 10.4. The second-order valence-corrected chi connectivity index (χ2v) is 5.86. The predicted octanol–water partition coefficient (Wildman–Crippen LogP) is 3.82. The average molecular weight is 245 g/mol. The summed E-state index contributed by atoms with van der Waals surface area (Å²) >= 11 is 5.70. The van der Waals surface area contributed by atoms with Crippen LogP contribution in [0.5, 0.6) is 0 Å². The lowest BCUT2D eigenvalue weighted by Crippen LogP contribution is -2.41. The number of hydrogen-bond acceptors (Lipinski definition) is 1. The number of aliphatic hydroxyl groups is 1. The third kappa shape index (κ3) is 2.96. The van der Waals surface area contributed by atoms with Gasteiger partial charge in [0.05, 0.1) is 10.6 Å². The van der Waals surface area contributed by atoms with Crippen LogP contribution >= 0.6 is 11.6 Å². The number of benzene rings is 1. The molecule has 0 aliphatic heterocycles. The molecule has 1 rings (SSSR count). The van der Waals surface area contributed by atoms with Crippen LogP contribution in [0.2, 0.25) is 5.02 Å². The molecule has 3 heteroatoms. The summed E-state index contributed by atoms with van der Waals surface area (Å²) in [6, 6.07) is 4.55. The van der Waals surface area contributed by atoms with Gasteiger partial charge in [-0.3, -0.25) is 0 Å². The van der Waals surface area contributed by atoms with Crippen molar-refractivity contribution in [3.05, 3.63) is 34.6 Å². The molecule has 1 aromatic rings.